The van der Waals surface area contributed by atoms with Crippen LogP contribution in [0.4, 0.5) is 5.00 Å². The van der Waals surface area contributed by atoms with Crippen molar-refractivity contribution in [1.82, 2.24) is 4.37 Å². The molecule has 5 heteroatoms. The lowest BCUT2D eigenvalue weighted by Gasteiger charge is -2.11. The molecule has 1 aromatic heterocycles. The molecule has 1 aliphatic rings. The quantitative estimate of drug-likeness (QED) is 0.825. The van der Waals surface area contributed by atoms with Gasteiger partial charge in [-0.25, -0.2) is 4.79 Å². The first-order chi connectivity index (χ1) is 7.72. The average molecular weight is 240 g/mol. The van der Waals surface area contributed by atoms with Crippen LogP contribution in [-0.4, -0.2) is 23.5 Å². The van der Waals surface area contributed by atoms with E-state index in [9.17, 15) is 4.79 Å². The Bertz CT molecular complexity index is 383. The summed E-state index contributed by atoms with van der Waals surface area (Å²) in [5, 5.41) is 3.77. The van der Waals surface area contributed by atoms with Crippen molar-refractivity contribution in [2.24, 2.45) is 0 Å². The SMILES string of the molecule is CNc1snc(C)c1C(=O)OC1CCCC1. The van der Waals surface area contributed by atoms with Crippen molar-refractivity contribution in [2.75, 3.05) is 12.4 Å². The van der Waals surface area contributed by atoms with Crippen LogP contribution in [0.1, 0.15) is 41.7 Å². The molecule has 1 aromatic rings. The van der Waals surface area contributed by atoms with E-state index >= 15 is 0 Å². The minimum atomic E-state index is -0.234. The molecule has 4 nitrogen and oxygen atoms in total. The van der Waals surface area contributed by atoms with Gasteiger partial charge in [0.05, 0.1) is 5.69 Å². The lowest BCUT2D eigenvalue weighted by Crippen LogP contribution is -2.16. The summed E-state index contributed by atoms with van der Waals surface area (Å²) in [5.41, 5.74) is 1.34. The molecule has 1 aliphatic carbocycles. The molecule has 0 amide bonds. The van der Waals surface area contributed by atoms with Crippen molar-refractivity contribution in [3.63, 3.8) is 0 Å². The van der Waals surface area contributed by atoms with Crippen LogP contribution in [-0.2, 0) is 4.74 Å². The fourth-order valence-corrected chi connectivity index (χ4v) is 2.73. The maximum atomic E-state index is 12.0. The first kappa shape index (κ1) is 11.4. The standard InChI is InChI=1S/C11H16N2O2S/c1-7-9(10(12-2)16-13-7)11(14)15-8-5-3-4-6-8/h8,12H,3-6H2,1-2H3. The van der Waals surface area contributed by atoms with Crippen LogP contribution in [0.3, 0.4) is 0 Å². The maximum absolute atomic E-state index is 12.0. The van der Waals surface area contributed by atoms with E-state index in [2.05, 4.69) is 9.69 Å². The predicted octanol–water partition coefficient (Wildman–Crippen LogP) is 2.59. The highest BCUT2D eigenvalue weighted by molar-refractivity contribution is 7.10. The third-order valence-corrected chi connectivity index (χ3v) is 3.83. The van der Waals surface area contributed by atoms with Crippen molar-refractivity contribution >= 4 is 22.5 Å². The van der Waals surface area contributed by atoms with Crippen LogP contribution in [0.25, 0.3) is 0 Å². The number of nitrogens with one attached hydrogen (secondary N) is 1. The zero-order valence-corrected chi connectivity index (χ0v) is 10.4. The zero-order valence-electron chi connectivity index (χ0n) is 9.58. The summed E-state index contributed by atoms with van der Waals surface area (Å²) in [6.07, 6.45) is 4.43. The zero-order chi connectivity index (χ0) is 11.5. The van der Waals surface area contributed by atoms with Crippen molar-refractivity contribution < 1.29 is 9.53 Å². The van der Waals surface area contributed by atoms with E-state index in [1.165, 1.54) is 11.5 Å². The second kappa shape index (κ2) is 4.82. The number of aryl methyl sites for hydroxylation is 1. The van der Waals surface area contributed by atoms with Gasteiger partial charge in [-0.05, 0) is 44.1 Å². The highest BCUT2D eigenvalue weighted by Gasteiger charge is 2.24. The average Bonchev–Trinajstić information content (AvgIpc) is 2.87. The molecule has 88 valence electrons. The first-order valence-corrected chi connectivity index (χ1v) is 6.34. The molecular weight excluding hydrogens is 224 g/mol. The Kier molecular flexibility index (Phi) is 3.43. The summed E-state index contributed by atoms with van der Waals surface area (Å²) in [5.74, 6) is -0.234. The van der Waals surface area contributed by atoms with Crippen LogP contribution in [0.5, 0.6) is 0 Å². The molecule has 2 rings (SSSR count). The van der Waals surface area contributed by atoms with Gasteiger partial charge in [-0.3, -0.25) is 0 Å². The van der Waals surface area contributed by atoms with Crippen molar-refractivity contribution in [1.29, 1.82) is 0 Å². The number of nitrogens with zero attached hydrogens (tertiary/aromatic N) is 1. The summed E-state index contributed by atoms with van der Waals surface area (Å²) in [4.78, 5) is 12.0. The number of carbonyl (C=O) groups is 1. The predicted molar refractivity (Wildman–Crippen MR) is 64.1 cm³/mol. The summed E-state index contributed by atoms with van der Waals surface area (Å²) in [7, 11) is 1.79. The number of hydrogen-bond donors (Lipinski definition) is 1. The Labute approximate surface area is 99.2 Å². The molecular formula is C11H16N2O2S. The van der Waals surface area contributed by atoms with Crippen LogP contribution in [0.2, 0.25) is 0 Å². The minimum Gasteiger partial charge on any atom is -0.459 e. The number of carbonyl (C=O) groups excluding carboxylic acids is 1. The molecule has 16 heavy (non-hydrogen) atoms. The van der Waals surface area contributed by atoms with Gasteiger partial charge in [0, 0.05) is 7.05 Å². The first-order valence-electron chi connectivity index (χ1n) is 5.57. The molecule has 0 saturated heterocycles. The molecule has 0 spiro atoms. The number of ether oxygens (including phenoxy) is 1. The smallest absolute Gasteiger partial charge is 0.343 e. The molecule has 1 saturated carbocycles. The summed E-state index contributed by atoms with van der Waals surface area (Å²) >= 11 is 1.30. The molecule has 0 radical (unpaired) electrons. The third-order valence-electron chi connectivity index (χ3n) is 2.87. The monoisotopic (exact) mass is 240 g/mol. The molecule has 0 atom stereocenters. The fourth-order valence-electron chi connectivity index (χ4n) is 2.00. The second-order valence-corrected chi connectivity index (χ2v) is 4.81. The Balaban J connectivity index is 2.10. The summed E-state index contributed by atoms with van der Waals surface area (Å²) < 4.78 is 9.63. The summed E-state index contributed by atoms with van der Waals surface area (Å²) in [6, 6.07) is 0. The second-order valence-electron chi connectivity index (χ2n) is 4.03. The van der Waals surface area contributed by atoms with Crippen molar-refractivity contribution in [2.45, 2.75) is 38.7 Å². The molecule has 0 aliphatic heterocycles. The van der Waals surface area contributed by atoms with Gasteiger partial charge in [0.25, 0.3) is 0 Å². The Morgan fingerprint density at radius 2 is 2.19 bits per heavy atom. The largest absolute Gasteiger partial charge is 0.459 e. The normalized spacial score (nSPS) is 16.4. The number of anilines is 1. The van der Waals surface area contributed by atoms with Crippen LogP contribution in [0.15, 0.2) is 0 Å². The molecule has 1 N–H and O–H groups in total. The Morgan fingerprint density at radius 3 is 2.81 bits per heavy atom. The van der Waals surface area contributed by atoms with Gasteiger partial charge >= 0.3 is 5.97 Å². The molecule has 1 heterocycles. The van der Waals surface area contributed by atoms with Gasteiger partial charge in [-0.1, -0.05) is 0 Å². The van der Waals surface area contributed by atoms with Gasteiger partial charge < -0.3 is 10.1 Å². The van der Waals surface area contributed by atoms with Crippen LogP contribution < -0.4 is 5.32 Å². The number of rotatable bonds is 3. The van der Waals surface area contributed by atoms with Gasteiger partial charge in [-0.2, -0.15) is 4.37 Å². The lowest BCUT2D eigenvalue weighted by molar-refractivity contribution is 0.0318. The van der Waals surface area contributed by atoms with E-state index < -0.39 is 0 Å². The van der Waals surface area contributed by atoms with Gasteiger partial charge in [0.15, 0.2) is 0 Å². The highest BCUT2D eigenvalue weighted by atomic mass is 32.1. The Hall–Kier alpha value is -1.10. The lowest BCUT2D eigenvalue weighted by atomic mass is 10.2. The van der Waals surface area contributed by atoms with Crippen molar-refractivity contribution in [3.05, 3.63) is 11.3 Å². The van der Waals surface area contributed by atoms with Crippen LogP contribution >= 0.6 is 11.5 Å². The number of hydrogen-bond acceptors (Lipinski definition) is 5. The van der Waals surface area contributed by atoms with E-state index in [0.717, 1.165) is 36.4 Å². The fraction of sp³-hybridized carbons (Fsp3) is 0.636. The number of aromatic nitrogens is 1. The van der Waals surface area contributed by atoms with E-state index in [1.807, 2.05) is 6.92 Å². The van der Waals surface area contributed by atoms with Crippen molar-refractivity contribution in [3.8, 4) is 0 Å². The summed E-state index contributed by atoms with van der Waals surface area (Å²) in [6.45, 7) is 1.84. The van der Waals surface area contributed by atoms with Gasteiger partial charge in [0.1, 0.15) is 16.7 Å². The number of esters is 1. The van der Waals surface area contributed by atoms with E-state index in [1.54, 1.807) is 7.05 Å². The molecule has 0 aromatic carbocycles. The third kappa shape index (κ3) is 2.19. The molecule has 0 unspecified atom stereocenters. The van der Waals surface area contributed by atoms with Crippen LogP contribution in [0, 0.1) is 6.92 Å². The topological polar surface area (TPSA) is 51.2 Å². The molecule has 1 fully saturated rings. The van der Waals surface area contributed by atoms with E-state index in [4.69, 9.17) is 4.74 Å². The maximum Gasteiger partial charge on any atom is 0.343 e. The van der Waals surface area contributed by atoms with E-state index in [0.29, 0.717) is 5.56 Å². The minimum absolute atomic E-state index is 0.108. The Morgan fingerprint density at radius 1 is 1.50 bits per heavy atom. The highest BCUT2D eigenvalue weighted by Crippen LogP contribution is 2.27. The van der Waals surface area contributed by atoms with E-state index in [-0.39, 0.29) is 12.1 Å². The van der Waals surface area contributed by atoms with Gasteiger partial charge in [-0.15, -0.1) is 0 Å². The van der Waals surface area contributed by atoms with Gasteiger partial charge in [0.2, 0.25) is 0 Å². The molecule has 0 bridgehead atoms.